The molecule has 32 heavy (non-hydrogen) atoms. The van der Waals surface area contributed by atoms with Crippen LogP contribution >= 0.6 is 12.2 Å². The maximum Gasteiger partial charge on any atom is 0.174 e. The van der Waals surface area contributed by atoms with Crippen LogP contribution in [-0.4, -0.2) is 19.6 Å². The zero-order chi connectivity index (χ0) is 22.2. The van der Waals surface area contributed by atoms with Crippen molar-refractivity contribution in [2.24, 2.45) is 0 Å². The predicted octanol–water partition coefficient (Wildman–Crippen LogP) is 5.37. The van der Waals surface area contributed by atoms with Gasteiger partial charge in [0, 0.05) is 29.5 Å². The molecule has 4 aromatic rings. The molecule has 0 radical (unpaired) electrons. The molecule has 0 saturated carbocycles. The van der Waals surface area contributed by atoms with Crippen molar-refractivity contribution in [2.75, 3.05) is 4.90 Å². The Morgan fingerprint density at radius 2 is 1.75 bits per heavy atom. The second-order valence-corrected chi connectivity index (χ2v) is 8.60. The first-order chi connectivity index (χ1) is 15.5. The average Bonchev–Trinajstić information content (AvgIpc) is 3.30. The van der Waals surface area contributed by atoms with Crippen LogP contribution in [0.25, 0.3) is 5.69 Å². The Labute approximate surface area is 193 Å². The molecule has 5 rings (SSSR count). The van der Waals surface area contributed by atoms with E-state index in [9.17, 15) is 0 Å². The number of aryl methyl sites for hydroxylation is 2. The van der Waals surface area contributed by atoms with Crippen molar-refractivity contribution in [1.29, 1.82) is 0 Å². The van der Waals surface area contributed by atoms with Gasteiger partial charge in [0.05, 0.1) is 29.7 Å². The number of pyridine rings is 2. The summed E-state index contributed by atoms with van der Waals surface area (Å²) in [6.07, 6.45) is 5.54. The van der Waals surface area contributed by atoms with Gasteiger partial charge in [-0.3, -0.25) is 9.97 Å². The standard InChI is InChI=1S/C26H25N5S/c1-17-8-6-9-20(14-17)31-25(24(29-26(31)32)23-11-4-5-13-28-23)22-15-18(2)30(19(22)3)21-10-7-12-27-16-21/h4-16,24-25H,1-3H3,(H,29,32)/t24-,25+/m0/s1. The first-order valence-electron chi connectivity index (χ1n) is 10.7. The highest BCUT2D eigenvalue weighted by molar-refractivity contribution is 7.80. The summed E-state index contributed by atoms with van der Waals surface area (Å²) >= 11 is 5.87. The minimum absolute atomic E-state index is 0.0316. The quantitative estimate of drug-likeness (QED) is 0.433. The van der Waals surface area contributed by atoms with Crippen LogP contribution in [0.15, 0.2) is 79.3 Å². The summed E-state index contributed by atoms with van der Waals surface area (Å²) in [6, 6.07) is 20.7. The molecule has 6 heteroatoms. The van der Waals surface area contributed by atoms with E-state index in [1.807, 2.05) is 30.6 Å². The summed E-state index contributed by atoms with van der Waals surface area (Å²) in [6.45, 7) is 6.41. The van der Waals surface area contributed by atoms with E-state index in [1.165, 1.54) is 16.8 Å². The van der Waals surface area contributed by atoms with E-state index in [1.54, 1.807) is 6.20 Å². The van der Waals surface area contributed by atoms with Crippen molar-refractivity contribution in [3.05, 3.63) is 107 Å². The highest BCUT2D eigenvalue weighted by Crippen LogP contribution is 2.43. The fourth-order valence-corrected chi connectivity index (χ4v) is 5.04. The third-order valence-corrected chi connectivity index (χ3v) is 6.39. The highest BCUT2D eigenvalue weighted by atomic mass is 32.1. The number of nitrogens with one attached hydrogen (secondary N) is 1. The topological polar surface area (TPSA) is 46.0 Å². The van der Waals surface area contributed by atoms with Crippen LogP contribution in [0.1, 0.15) is 40.3 Å². The molecule has 5 nitrogen and oxygen atoms in total. The summed E-state index contributed by atoms with van der Waals surface area (Å²) < 4.78 is 2.26. The van der Waals surface area contributed by atoms with Crippen LogP contribution < -0.4 is 10.2 Å². The van der Waals surface area contributed by atoms with E-state index in [4.69, 9.17) is 12.2 Å². The SMILES string of the molecule is Cc1cccc(N2C(=S)N[C@@H](c3ccccn3)[C@H]2c2cc(C)n(-c3cccnc3)c2C)c1. The Kier molecular flexibility index (Phi) is 5.23. The monoisotopic (exact) mass is 439 g/mol. The fraction of sp³-hybridized carbons (Fsp3) is 0.192. The molecule has 1 aliphatic heterocycles. The largest absolute Gasteiger partial charge is 0.351 e. The van der Waals surface area contributed by atoms with Gasteiger partial charge in [-0.2, -0.15) is 0 Å². The van der Waals surface area contributed by atoms with Gasteiger partial charge in [-0.05, 0) is 86.6 Å². The molecule has 0 bridgehead atoms. The minimum atomic E-state index is -0.0629. The van der Waals surface area contributed by atoms with Crippen LogP contribution in [0.5, 0.6) is 0 Å². The molecule has 3 aromatic heterocycles. The zero-order valence-corrected chi connectivity index (χ0v) is 19.2. The van der Waals surface area contributed by atoms with Crippen molar-refractivity contribution in [3.8, 4) is 5.69 Å². The number of hydrogen-bond donors (Lipinski definition) is 1. The molecule has 4 heterocycles. The second-order valence-electron chi connectivity index (χ2n) is 8.21. The van der Waals surface area contributed by atoms with Crippen molar-refractivity contribution in [3.63, 3.8) is 0 Å². The molecule has 1 fully saturated rings. The van der Waals surface area contributed by atoms with E-state index in [0.717, 1.165) is 22.8 Å². The lowest BCUT2D eigenvalue weighted by molar-refractivity contribution is 0.565. The fourth-order valence-electron chi connectivity index (χ4n) is 4.70. The van der Waals surface area contributed by atoms with Crippen molar-refractivity contribution in [2.45, 2.75) is 32.9 Å². The van der Waals surface area contributed by atoms with Gasteiger partial charge in [0.2, 0.25) is 0 Å². The second kappa shape index (κ2) is 8.20. The smallest absolute Gasteiger partial charge is 0.174 e. The number of rotatable bonds is 4. The van der Waals surface area contributed by atoms with Gasteiger partial charge in [-0.25, -0.2) is 0 Å². The summed E-state index contributed by atoms with van der Waals surface area (Å²) in [4.78, 5) is 11.2. The van der Waals surface area contributed by atoms with Gasteiger partial charge >= 0.3 is 0 Å². The third kappa shape index (κ3) is 3.46. The van der Waals surface area contributed by atoms with Gasteiger partial charge in [0.25, 0.3) is 0 Å². The van der Waals surface area contributed by atoms with Crippen molar-refractivity contribution in [1.82, 2.24) is 19.9 Å². The Balaban J connectivity index is 1.69. The summed E-state index contributed by atoms with van der Waals surface area (Å²) in [5.41, 5.74) is 7.86. The zero-order valence-electron chi connectivity index (χ0n) is 18.4. The molecule has 0 spiro atoms. The highest BCUT2D eigenvalue weighted by Gasteiger charge is 2.42. The molecule has 1 aromatic carbocycles. The van der Waals surface area contributed by atoms with Crippen molar-refractivity contribution >= 4 is 23.0 Å². The summed E-state index contributed by atoms with van der Waals surface area (Å²) in [5, 5.41) is 4.27. The van der Waals surface area contributed by atoms with Crippen LogP contribution in [0.3, 0.4) is 0 Å². The van der Waals surface area contributed by atoms with Crippen LogP contribution in [0.2, 0.25) is 0 Å². The van der Waals surface area contributed by atoms with Gasteiger partial charge in [0.1, 0.15) is 0 Å². The third-order valence-electron chi connectivity index (χ3n) is 6.07. The van der Waals surface area contributed by atoms with Gasteiger partial charge in [-0.15, -0.1) is 0 Å². The molecule has 0 aliphatic carbocycles. The number of aromatic nitrogens is 3. The molecule has 0 unspecified atom stereocenters. The predicted molar refractivity (Wildman–Crippen MR) is 132 cm³/mol. The Morgan fingerprint density at radius 3 is 2.47 bits per heavy atom. The molecule has 1 aliphatic rings. The first-order valence-corrected chi connectivity index (χ1v) is 11.1. The molecular weight excluding hydrogens is 414 g/mol. The number of anilines is 1. The van der Waals surface area contributed by atoms with E-state index in [0.29, 0.717) is 5.11 Å². The summed E-state index contributed by atoms with van der Waals surface area (Å²) in [5.74, 6) is 0. The normalized spacial score (nSPS) is 18.1. The molecular formula is C26H25N5S. The maximum absolute atomic E-state index is 5.87. The number of thiocarbonyl (C=S) groups is 1. The van der Waals surface area contributed by atoms with Crippen LogP contribution in [0, 0.1) is 20.8 Å². The molecule has 160 valence electrons. The van der Waals surface area contributed by atoms with Gasteiger partial charge < -0.3 is 14.8 Å². The van der Waals surface area contributed by atoms with E-state index in [2.05, 4.69) is 88.0 Å². The summed E-state index contributed by atoms with van der Waals surface area (Å²) in [7, 11) is 0. The minimum Gasteiger partial charge on any atom is -0.351 e. The number of hydrogen-bond acceptors (Lipinski definition) is 3. The van der Waals surface area contributed by atoms with Crippen LogP contribution in [0.4, 0.5) is 5.69 Å². The molecule has 1 saturated heterocycles. The molecule has 1 N–H and O–H groups in total. The maximum atomic E-state index is 5.87. The molecule has 2 atom stereocenters. The Bertz CT molecular complexity index is 1270. The number of nitrogens with zero attached hydrogens (tertiary/aromatic N) is 4. The molecule has 0 amide bonds. The lowest BCUT2D eigenvalue weighted by Gasteiger charge is -2.28. The lowest BCUT2D eigenvalue weighted by atomic mass is 9.96. The average molecular weight is 440 g/mol. The Morgan fingerprint density at radius 1 is 0.906 bits per heavy atom. The first kappa shape index (κ1) is 20.4. The van der Waals surface area contributed by atoms with Crippen LogP contribution in [-0.2, 0) is 0 Å². The Hall–Kier alpha value is -3.51. The van der Waals surface area contributed by atoms with Crippen molar-refractivity contribution < 1.29 is 0 Å². The van der Waals surface area contributed by atoms with Gasteiger partial charge in [-0.1, -0.05) is 18.2 Å². The van der Waals surface area contributed by atoms with E-state index in [-0.39, 0.29) is 12.1 Å². The van der Waals surface area contributed by atoms with Gasteiger partial charge in [0.15, 0.2) is 5.11 Å². The number of benzene rings is 1. The lowest BCUT2D eigenvalue weighted by Crippen LogP contribution is -2.29. The van der Waals surface area contributed by atoms with E-state index < -0.39 is 0 Å². The van der Waals surface area contributed by atoms with E-state index >= 15 is 0 Å².